The number of anilines is 2. The third kappa shape index (κ3) is 3.47. The SMILES string of the molecule is CNc1ccc2nc(NC(=O)C[C@](C)(O)c3ccccc3)n(C3CCC3)c2c1. The van der Waals surface area contributed by atoms with Crippen molar-refractivity contribution in [1.29, 1.82) is 0 Å². The van der Waals surface area contributed by atoms with Crippen molar-refractivity contribution in [3.8, 4) is 0 Å². The summed E-state index contributed by atoms with van der Waals surface area (Å²) in [5.41, 5.74) is 2.37. The molecule has 0 radical (unpaired) electrons. The van der Waals surface area contributed by atoms with Gasteiger partial charge in [-0.05, 0) is 49.9 Å². The molecule has 0 bridgehead atoms. The zero-order valence-corrected chi connectivity index (χ0v) is 16.3. The number of fused-ring (bicyclic) bond motifs is 1. The average molecular weight is 378 g/mol. The maximum atomic E-state index is 12.7. The van der Waals surface area contributed by atoms with E-state index in [4.69, 9.17) is 0 Å². The number of imidazole rings is 1. The van der Waals surface area contributed by atoms with Crippen LogP contribution in [-0.2, 0) is 10.4 Å². The van der Waals surface area contributed by atoms with Crippen LogP contribution in [0.4, 0.5) is 11.6 Å². The van der Waals surface area contributed by atoms with E-state index in [1.807, 2.05) is 49.5 Å². The van der Waals surface area contributed by atoms with Gasteiger partial charge in [0.15, 0.2) is 0 Å². The molecular formula is C22H26N4O2. The first-order chi connectivity index (χ1) is 13.5. The number of hydrogen-bond acceptors (Lipinski definition) is 4. The molecule has 4 rings (SSSR count). The van der Waals surface area contributed by atoms with Gasteiger partial charge in [0.2, 0.25) is 11.9 Å². The minimum Gasteiger partial charge on any atom is -0.388 e. The van der Waals surface area contributed by atoms with Crippen LogP contribution in [0.5, 0.6) is 0 Å². The van der Waals surface area contributed by atoms with Gasteiger partial charge < -0.3 is 15.0 Å². The highest BCUT2D eigenvalue weighted by molar-refractivity contribution is 5.92. The van der Waals surface area contributed by atoms with Gasteiger partial charge in [0.1, 0.15) is 0 Å². The van der Waals surface area contributed by atoms with Crippen LogP contribution in [-0.4, -0.2) is 27.6 Å². The molecular weight excluding hydrogens is 352 g/mol. The molecule has 0 spiro atoms. The van der Waals surface area contributed by atoms with Gasteiger partial charge >= 0.3 is 0 Å². The molecule has 1 amide bonds. The van der Waals surface area contributed by atoms with E-state index in [0.717, 1.165) is 35.1 Å². The highest BCUT2D eigenvalue weighted by atomic mass is 16.3. The summed E-state index contributed by atoms with van der Waals surface area (Å²) >= 11 is 0. The summed E-state index contributed by atoms with van der Waals surface area (Å²) in [6.45, 7) is 1.66. The van der Waals surface area contributed by atoms with Gasteiger partial charge in [-0.15, -0.1) is 0 Å². The van der Waals surface area contributed by atoms with E-state index >= 15 is 0 Å². The number of aromatic nitrogens is 2. The fraction of sp³-hybridized carbons (Fsp3) is 0.364. The highest BCUT2D eigenvalue weighted by Crippen LogP contribution is 2.38. The van der Waals surface area contributed by atoms with E-state index in [2.05, 4.69) is 26.3 Å². The molecule has 146 valence electrons. The number of aliphatic hydroxyl groups is 1. The fourth-order valence-corrected chi connectivity index (χ4v) is 3.73. The van der Waals surface area contributed by atoms with Crippen molar-refractivity contribution in [1.82, 2.24) is 9.55 Å². The minimum atomic E-state index is -1.24. The average Bonchev–Trinajstić information content (AvgIpc) is 2.97. The first kappa shape index (κ1) is 18.5. The van der Waals surface area contributed by atoms with Crippen molar-refractivity contribution in [3.63, 3.8) is 0 Å². The first-order valence-corrected chi connectivity index (χ1v) is 9.75. The molecule has 1 fully saturated rings. The second-order valence-corrected chi connectivity index (χ2v) is 7.71. The molecule has 0 aliphatic heterocycles. The highest BCUT2D eigenvalue weighted by Gasteiger charge is 2.29. The summed E-state index contributed by atoms with van der Waals surface area (Å²) < 4.78 is 2.13. The molecule has 3 N–H and O–H groups in total. The molecule has 2 aromatic carbocycles. The molecule has 1 aliphatic carbocycles. The van der Waals surface area contributed by atoms with Crippen LogP contribution in [0.1, 0.15) is 44.2 Å². The summed E-state index contributed by atoms with van der Waals surface area (Å²) in [4.78, 5) is 17.4. The first-order valence-electron chi connectivity index (χ1n) is 9.75. The molecule has 0 unspecified atom stereocenters. The van der Waals surface area contributed by atoms with Gasteiger partial charge in [-0.3, -0.25) is 10.1 Å². The lowest BCUT2D eigenvalue weighted by Crippen LogP contribution is -2.30. The Balaban J connectivity index is 1.61. The van der Waals surface area contributed by atoms with E-state index in [-0.39, 0.29) is 12.3 Å². The van der Waals surface area contributed by atoms with Gasteiger partial charge in [-0.2, -0.15) is 0 Å². The zero-order valence-electron chi connectivity index (χ0n) is 16.3. The number of rotatable bonds is 6. The molecule has 6 heteroatoms. The van der Waals surface area contributed by atoms with Crippen molar-refractivity contribution in [2.75, 3.05) is 17.7 Å². The number of amides is 1. The van der Waals surface area contributed by atoms with E-state index in [1.54, 1.807) is 6.92 Å². The topological polar surface area (TPSA) is 79.2 Å². The Labute approximate surface area is 164 Å². The molecule has 1 saturated carbocycles. The molecule has 6 nitrogen and oxygen atoms in total. The van der Waals surface area contributed by atoms with Gasteiger partial charge in [0, 0.05) is 18.8 Å². The van der Waals surface area contributed by atoms with E-state index < -0.39 is 5.60 Å². The van der Waals surface area contributed by atoms with E-state index in [1.165, 1.54) is 6.42 Å². The molecule has 3 aromatic rings. The third-order valence-electron chi connectivity index (χ3n) is 5.57. The maximum absolute atomic E-state index is 12.7. The molecule has 1 atom stereocenters. The molecule has 1 aromatic heterocycles. The largest absolute Gasteiger partial charge is 0.388 e. The third-order valence-corrected chi connectivity index (χ3v) is 5.57. The second kappa shape index (κ2) is 7.28. The number of nitrogens with zero attached hydrogens (tertiary/aromatic N) is 2. The summed E-state index contributed by atoms with van der Waals surface area (Å²) in [5.74, 6) is 0.306. The molecule has 0 saturated heterocycles. The summed E-state index contributed by atoms with van der Waals surface area (Å²) in [7, 11) is 1.89. The van der Waals surface area contributed by atoms with Gasteiger partial charge in [0.25, 0.3) is 0 Å². The maximum Gasteiger partial charge on any atom is 0.229 e. The normalized spacial score (nSPS) is 16.4. The van der Waals surface area contributed by atoms with E-state index in [9.17, 15) is 9.90 Å². The van der Waals surface area contributed by atoms with Crippen LogP contribution in [0.15, 0.2) is 48.5 Å². The van der Waals surface area contributed by atoms with Crippen LogP contribution in [0.25, 0.3) is 11.0 Å². The van der Waals surface area contributed by atoms with Crippen LogP contribution in [0, 0.1) is 0 Å². The Morgan fingerprint density at radius 2 is 2.00 bits per heavy atom. The summed E-state index contributed by atoms with van der Waals surface area (Å²) in [6, 6.07) is 15.6. The number of carbonyl (C=O) groups is 1. The lowest BCUT2D eigenvalue weighted by atomic mass is 9.92. The molecule has 1 aliphatic rings. The Hall–Kier alpha value is -2.86. The standard InChI is InChI=1S/C22H26N4O2/c1-22(28,15-7-4-3-5-8-15)14-20(27)25-21-24-18-12-11-16(23-2)13-19(18)26(21)17-9-6-10-17/h3-5,7-8,11-13,17,23,28H,6,9-10,14H2,1-2H3,(H,24,25,27)/t22-/m0/s1. The van der Waals surface area contributed by atoms with Crippen LogP contribution in [0.3, 0.4) is 0 Å². The van der Waals surface area contributed by atoms with Crippen molar-refractivity contribution >= 4 is 28.6 Å². The lowest BCUT2D eigenvalue weighted by molar-refractivity contribution is -0.120. The Morgan fingerprint density at radius 1 is 1.25 bits per heavy atom. The lowest BCUT2D eigenvalue weighted by Gasteiger charge is -2.29. The summed E-state index contributed by atoms with van der Waals surface area (Å²) in [5, 5.41) is 16.9. The predicted molar refractivity (Wildman–Crippen MR) is 111 cm³/mol. The van der Waals surface area contributed by atoms with E-state index in [0.29, 0.717) is 12.0 Å². The Bertz CT molecular complexity index is 990. The molecule has 28 heavy (non-hydrogen) atoms. The zero-order chi connectivity index (χ0) is 19.7. The van der Waals surface area contributed by atoms with Gasteiger partial charge in [-0.1, -0.05) is 30.3 Å². The molecule has 1 heterocycles. The van der Waals surface area contributed by atoms with Crippen molar-refractivity contribution in [2.24, 2.45) is 0 Å². The predicted octanol–water partition coefficient (Wildman–Crippen LogP) is 4.04. The fourth-order valence-electron chi connectivity index (χ4n) is 3.73. The van der Waals surface area contributed by atoms with Crippen molar-refractivity contribution in [2.45, 2.75) is 44.2 Å². The Morgan fingerprint density at radius 3 is 2.64 bits per heavy atom. The van der Waals surface area contributed by atoms with Crippen molar-refractivity contribution < 1.29 is 9.90 Å². The smallest absolute Gasteiger partial charge is 0.229 e. The Kier molecular flexibility index (Phi) is 4.81. The summed E-state index contributed by atoms with van der Waals surface area (Å²) in [6.07, 6.45) is 3.32. The number of hydrogen-bond donors (Lipinski definition) is 3. The van der Waals surface area contributed by atoms with Crippen molar-refractivity contribution in [3.05, 3.63) is 54.1 Å². The minimum absolute atomic E-state index is 0.0351. The van der Waals surface area contributed by atoms with Gasteiger partial charge in [-0.25, -0.2) is 4.98 Å². The monoisotopic (exact) mass is 378 g/mol. The van der Waals surface area contributed by atoms with Crippen LogP contribution >= 0.6 is 0 Å². The second-order valence-electron chi connectivity index (χ2n) is 7.71. The van der Waals surface area contributed by atoms with Gasteiger partial charge in [0.05, 0.1) is 23.1 Å². The van der Waals surface area contributed by atoms with Crippen LogP contribution < -0.4 is 10.6 Å². The number of nitrogens with one attached hydrogen (secondary N) is 2. The number of benzene rings is 2. The number of carbonyl (C=O) groups excluding carboxylic acids is 1. The van der Waals surface area contributed by atoms with Crippen LogP contribution in [0.2, 0.25) is 0 Å². The quantitative estimate of drug-likeness (QED) is 0.605.